The lowest BCUT2D eigenvalue weighted by Gasteiger charge is -2.27. The largest absolute Gasteiger partial charge is 0.389 e. The summed E-state index contributed by atoms with van der Waals surface area (Å²) in [5.41, 5.74) is 0.364. The maximum Gasteiger partial charge on any atom is 0.262 e. The number of nitrogens with one attached hydrogen (secondary N) is 1. The molecule has 7 heteroatoms. The average Bonchev–Trinajstić information content (AvgIpc) is 2.98. The van der Waals surface area contributed by atoms with E-state index in [1.807, 2.05) is 42.2 Å². The molecule has 2 heterocycles. The van der Waals surface area contributed by atoms with Crippen LogP contribution in [0, 0.1) is 0 Å². The first-order valence-corrected chi connectivity index (χ1v) is 8.34. The van der Waals surface area contributed by atoms with E-state index in [9.17, 15) is 9.90 Å². The highest BCUT2D eigenvalue weighted by Crippen LogP contribution is 2.14. The van der Waals surface area contributed by atoms with Crippen LogP contribution in [0.1, 0.15) is 26.6 Å². The van der Waals surface area contributed by atoms with E-state index < -0.39 is 5.60 Å². The number of aromatic amines is 1. The van der Waals surface area contributed by atoms with Gasteiger partial charge in [0.2, 0.25) is 0 Å². The summed E-state index contributed by atoms with van der Waals surface area (Å²) in [7, 11) is 0. The quantitative estimate of drug-likeness (QED) is 0.713. The highest BCUT2D eigenvalue weighted by molar-refractivity contribution is 5.75. The van der Waals surface area contributed by atoms with E-state index in [0.717, 1.165) is 12.2 Å². The standard InChI is InChI=1S/C18H23N5O2/c1-4-22(12-18(2,3)25)11-15-20-16-14(17(24)21-15)10-19-23(16)13-8-6-5-7-9-13/h5-10,25H,4,11-12H2,1-3H3,(H,20,21,24). The minimum atomic E-state index is -0.813. The molecule has 132 valence electrons. The van der Waals surface area contributed by atoms with Gasteiger partial charge < -0.3 is 10.1 Å². The fraction of sp³-hybridized carbons (Fsp3) is 0.389. The molecule has 2 N–H and O–H groups in total. The van der Waals surface area contributed by atoms with Crippen LogP contribution in [-0.2, 0) is 6.54 Å². The van der Waals surface area contributed by atoms with Gasteiger partial charge in [0.25, 0.3) is 5.56 Å². The second-order valence-electron chi connectivity index (χ2n) is 6.76. The van der Waals surface area contributed by atoms with Crippen molar-refractivity contribution in [3.8, 4) is 5.69 Å². The van der Waals surface area contributed by atoms with Gasteiger partial charge in [-0.25, -0.2) is 9.67 Å². The van der Waals surface area contributed by atoms with E-state index in [1.165, 1.54) is 6.20 Å². The topological polar surface area (TPSA) is 87.0 Å². The molecule has 0 aliphatic carbocycles. The van der Waals surface area contributed by atoms with Crippen molar-refractivity contribution in [3.63, 3.8) is 0 Å². The maximum absolute atomic E-state index is 12.4. The molecular formula is C18H23N5O2. The number of rotatable bonds is 6. The van der Waals surface area contributed by atoms with Gasteiger partial charge in [-0.05, 0) is 32.5 Å². The van der Waals surface area contributed by atoms with Crippen molar-refractivity contribution in [2.75, 3.05) is 13.1 Å². The number of benzene rings is 1. The first-order valence-electron chi connectivity index (χ1n) is 8.34. The Labute approximate surface area is 145 Å². The summed E-state index contributed by atoms with van der Waals surface area (Å²) in [6.45, 7) is 7.22. The number of para-hydroxylation sites is 1. The molecule has 0 saturated heterocycles. The summed E-state index contributed by atoms with van der Waals surface area (Å²) in [5, 5.41) is 14.8. The van der Waals surface area contributed by atoms with Crippen LogP contribution in [0.3, 0.4) is 0 Å². The van der Waals surface area contributed by atoms with Crippen LogP contribution < -0.4 is 5.56 Å². The summed E-state index contributed by atoms with van der Waals surface area (Å²) >= 11 is 0. The molecule has 1 aromatic carbocycles. The Morgan fingerprint density at radius 3 is 2.64 bits per heavy atom. The summed E-state index contributed by atoms with van der Waals surface area (Å²) in [4.78, 5) is 21.9. The SMILES string of the molecule is CCN(Cc1nc2c(cnn2-c2ccccc2)c(=O)[nH]1)CC(C)(C)O. The van der Waals surface area contributed by atoms with E-state index >= 15 is 0 Å². The molecule has 0 fully saturated rings. The highest BCUT2D eigenvalue weighted by atomic mass is 16.3. The molecule has 0 aliphatic heterocycles. The fourth-order valence-corrected chi connectivity index (χ4v) is 2.84. The summed E-state index contributed by atoms with van der Waals surface area (Å²) in [6.07, 6.45) is 1.53. The molecule has 3 aromatic rings. The molecular weight excluding hydrogens is 318 g/mol. The number of hydrogen-bond acceptors (Lipinski definition) is 5. The van der Waals surface area contributed by atoms with Crippen LogP contribution in [0.15, 0.2) is 41.3 Å². The van der Waals surface area contributed by atoms with Crippen molar-refractivity contribution in [2.24, 2.45) is 0 Å². The van der Waals surface area contributed by atoms with Crippen molar-refractivity contribution < 1.29 is 5.11 Å². The summed E-state index contributed by atoms with van der Waals surface area (Å²) in [6, 6.07) is 9.60. The third-order valence-corrected chi connectivity index (χ3v) is 3.92. The van der Waals surface area contributed by atoms with Gasteiger partial charge in [-0.15, -0.1) is 0 Å². The molecule has 0 bridgehead atoms. The van der Waals surface area contributed by atoms with Crippen LogP contribution in [-0.4, -0.2) is 48.4 Å². The molecule has 2 aromatic heterocycles. The zero-order valence-electron chi connectivity index (χ0n) is 14.7. The monoisotopic (exact) mass is 341 g/mol. The number of aromatic nitrogens is 4. The lowest BCUT2D eigenvalue weighted by Crippen LogP contribution is -2.38. The van der Waals surface area contributed by atoms with E-state index in [-0.39, 0.29) is 5.56 Å². The predicted molar refractivity (Wildman–Crippen MR) is 96.7 cm³/mol. The van der Waals surface area contributed by atoms with Crippen LogP contribution in [0.2, 0.25) is 0 Å². The highest BCUT2D eigenvalue weighted by Gasteiger charge is 2.19. The van der Waals surface area contributed by atoms with Crippen molar-refractivity contribution in [3.05, 3.63) is 52.7 Å². The van der Waals surface area contributed by atoms with Crippen molar-refractivity contribution >= 4 is 11.0 Å². The Bertz CT molecular complexity index is 909. The first-order chi connectivity index (χ1) is 11.9. The molecule has 0 radical (unpaired) electrons. The molecule has 7 nitrogen and oxygen atoms in total. The lowest BCUT2D eigenvalue weighted by molar-refractivity contribution is 0.0346. The number of aliphatic hydroxyl groups is 1. The average molecular weight is 341 g/mol. The van der Waals surface area contributed by atoms with Crippen LogP contribution >= 0.6 is 0 Å². The van der Waals surface area contributed by atoms with Gasteiger partial charge in [-0.2, -0.15) is 5.10 Å². The molecule has 0 aliphatic rings. The number of hydrogen-bond donors (Lipinski definition) is 2. The molecule has 0 spiro atoms. The van der Waals surface area contributed by atoms with Crippen molar-refractivity contribution in [1.82, 2.24) is 24.6 Å². The minimum absolute atomic E-state index is 0.207. The van der Waals surface area contributed by atoms with E-state index in [1.54, 1.807) is 18.5 Å². The van der Waals surface area contributed by atoms with Crippen LogP contribution in [0.25, 0.3) is 16.7 Å². The Kier molecular flexibility index (Phi) is 4.69. The molecule has 0 atom stereocenters. The number of nitrogens with zero attached hydrogens (tertiary/aromatic N) is 4. The molecule has 0 saturated carbocycles. The smallest absolute Gasteiger partial charge is 0.262 e. The van der Waals surface area contributed by atoms with Crippen molar-refractivity contribution in [2.45, 2.75) is 32.9 Å². The fourth-order valence-electron chi connectivity index (χ4n) is 2.84. The number of fused-ring (bicyclic) bond motifs is 1. The molecule has 0 amide bonds. The van der Waals surface area contributed by atoms with Gasteiger partial charge in [0.15, 0.2) is 5.65 Å². The number of likely N-dealkylation sites (N-methyl/N-ethyl adjacent to an activating group) is 1. The van der Waals surface area contributed by atoms with Crippen LogP contribution in [0.5, 0.6) is 0 Å². The van der Waals surface area contributed by atoms with Crippen LogP contribution in [0.4, 0.5) is 0 Å². The third kappa shape index (κ3) is 3.94. The first kappa shape index (κ1) is 17.3. The second kappa shape index (κ2) is 6.78. The van der Waals surface area contributed by atoms with Gasteiger partial charge in [-0.1, -0.05) is 25.1 Å². The summed E-state index contributed by atoms with van der Waals surface area (Å²) in [5.74, 6) is 0.557. The van der Waals surface area contributed by atoms with E-state index in [0.29, 0.717) is 29.9 Å². The Morgan fingerprint density at radius 2 is 2.00 bits per heavy atom. The maximum atomic E-state index is 12.4. The Balaban J connectivity index is 1.99. The van der Waals surface area contributed by atoms with Gasteiger partial charge in [0.1, 0.15) is 11.2 Å². The van der Waals surface area contributed by atoms with Gasteiger partial charge in [0.05, 0.1) is 24.0 Å². The second-order valence-corrected chi connectivity index (χ2v) is 6.76. The lowest BCUT2D eigenvalue weighted by atomic mass is 10.1. The van der Waals surface area contributed by atoms with E-state index in [4.69, 9.17) is 0 Å². The number of H-pyrrole nitrogens is 1. The molecule has 0 unspecified atom stereocenters. The van der Waals surface area contributed by atoms with Gasteiger partial charge in [-0.3, -0.25) is 9.69 Å². The zero-order valence-corrected chi connectivity index (χ0v) is 14.7. The van der Waals surface area contributed by atoms with E-state index in [2.05, 4.69) is 15.1 Å². The zero-order chi connectivity index (χ0) is 18.0. The minimum Gasteiger partial charge on any atom is -0.389 e. The predicted octanol–water partition coefficient (Wildman–Crippen LogP) is 1.70. The van der Waals surface area contributed by atoms with Gasteiger partial charge >= 0.3 is 0 Å². The molecule has 3 rings (SSSR count). The summed E-state index contributed by atoms with van der Waals surface area (Å²) < 4.78 is 1.67. The van der Waals surface area contributed by atoms with Crippen molar-refractivity contribution in [1.29, 1.82) is 0 Å². The van der Waals surface area contributed by atoms with Gasteiger partial charge in [0, 0.05) is 6.54 Å². The third-order valence-electron chi connectivity index (χ3n) is 3.92. The normalized spacial score (nSPS) is 12.2. The Hall–Kier alpha value is -2.51. The Morgan fingerprint density at radius 1 is 1.28 bits per heavy atom. The molecule has 25 heavy (non-hydrogen) atoms.